The van der Waals surface area contributed by atoms with Gasteiger partial charge in [0.1, 0.15) is 0 Å². The molecule has 2 N–H and O–H groups in total. The summed E-state index contributed by atoms with van der Waals surface area (Å²) in [6.45, 7) is 0. The standard InChI is InChI=1S/C17H12ClN3OS3/c18-12-5-3-11(4-6-12)14-10-25-17(19-14)21-16(23)20-15(22)8-7-13-2-1-9-24-13/h1-10H,(H2,19,20,21,22,23). The molecule has 4 nitrogen and oxygen atoms in total. The van der Waals surface area contributed by atoms with Crippen LogP contribution >= 0.6 is 46.5 Å². The highest BCUT2D eigenvalue weighted by atomic mass is 35.5. The van der Waals surface area contributed by atoms with Crippen LogP contribution in [0.15, 0.2) is 53.2 Å². The van der Waals surface area contributed by atoms with Gasteiger partial charge >= 0.3 is 0 Å². The van der Waals surface area contributed by atoms with Crippen LogP contribution in [0.1, 0.15) is 4.88 Å². The van der Waals surface area contributed by atoms with Crippen molar-refractivity contribution in [3.8, 4) is 11.3 Å². The fraction of sp³-hybridized carbons (Fsp3) is 0. The zero-order valence-corrected chi connectivity index (χ0v) is 15.9. The van der Waals surface area contributed by atoms with E-state index in [4.69, 9.17) is 23.8 Å². The van der Waals surface area contributed by atoms with E-state index < -0.39 is 0 Å². The van der Waals surface area contributed by atoms with Crippen LogP contribution in [0.3, 0.4) is 0 Å². The van der Waals surface area contributed by atoms with Crippen LogP contribution in [-0.4, -0.2) is 16.0 Å². The first-order valence-corrected chi connectivity index (χ1v) is 9.70. The smallest absolute Gasteiger partial charge is 0.250 e. The third-order valence-electron chi connectivity index (χ3n) is 3.04. The Labute approximate surface area is 163 Å². The molecule has 1 amide bonds. The van der Waals surface area contributed by atoms with Gasteiger partial charge in [-0.2, -0.15) is 0 Å². The minimum Gasteiger partial charge on any atom is -0.308 e. The molecule has 2 heterocycles. The summed E-state index contributed by atoms with van der Waals surface area (Å²) in [5, 5.41) is 10.9. The number of thiophene rings is 1. The number of amides is 1. The lowest BCUT2D eigenvalue weighted by Gasteiger charge is -2.04. The van der Waals surface area contributed by atoms with Crippen molar-refractivity contribution in [3.05, 3.63) is 63.1 Å². The summed E-state index contributed by atoms with van der Waals surface area (Å²) >= 11 is 14.0. The Bertz CT molecular complexity index is 902. The van der Waals surface area contributed by atoms with Crippen molar-refractivity contribution in [2.24, 2.45) is 0 Å². The molecule has 0 saturated heterocycles. The van der Waals surface area contributed by atoms with E-state index in [0.29, 0.717) is 10.2 Å². The third kappa shape index (κ3) is 5.20. The first kappa shape index (κ1) is 17.8. The summed E-state index contributed by atoms with van der Waals surface area (Å²) in [7, 11) is 0. The van der Waals surface area contributed by atoms with E-state index >= 15 is 0 Å². The molecule has 0 aliphatic carbocycles. The molecule has 0 spiro atoms. The lowest BCUT2D eigenvalue weighted by molar-refractivity contribution is -0.115. The molecule has 8 heteroatoms. The molecule has 0 unspecified atom stereocenters. The highest BCUT2D eigenvalue weighted by Crippen LogP contribution is 2.25. The highest BCUT2D eigenvalue weighted by Gasteiger charge is 2.07. The van der Waals surface area contributed by atoms with E-state index in [1.807, 2.05) is 47.2 Å². The topological polar surface area (TPSA) is 54.0 Å². The maximum atomic E-state index is 11.8. The largest absolute Gasteiger partial charge is 0.308 e. The zero-order valence-electron chi connectivity index (χ0n) is 12.7. The molecule has 126 valence electrons. The molecule has 0 atom stereocenters. The number of benzene rings is 1. The number of carbonyl (C=O) groups is 1. The van der Waals surface area contributed by atoms with E-state index in [-0.39, 0.29) is 11.0 Å². The average molecular weight is 406 g/mol. The Kier molecular flexibility index (Phi) is 5.93. The number of nitrogens with one attached hydrogen (secondary N) is 2. The fourth-order valence-corrected chi connectivity index (χ4v) is 3.64. The Balaban J connectivity index is 1.56. The van der Waals surface area contributed by atoms with E-state index in [1.165, 1.54) is 17.4 Å². The first-order chi connectivity index (χ1) is 12.1. The van der Waals surface area contributed by atoms with Crippen LogP contribution in [0.2, 0.25) is 5.02 Å². The number of thiazole rings is 1. The summed E-state index contributed by atoms with van der Waals surface area (Å²) in [5.74, 6) is -0.291. The number of aromatic nitrogens is 1. The molecule has 0 saturated carbocycles. The van der Waals surface area contributed by atoms with Crippen molar-refractivity contribution in [1.82, 2.24) is 10.3 Å². The van der Waals surface area contributed by atoms with Crippen molar-refractivity contribution < 1.29 is 4.79 Å². The molecule has 25 heavy (non-hydrogen) atoms. The molecule has 0 bridgehead atoms. The lowest BCUT2D eigenvalue weighted by Crippen LogP contribution is -2.32. The van der Waals surface area contributed by atoms with Crippen LogP contribution in [0.5, 0.6) is 0 Å². The molecule has 3 aromatic rings. The van der Waals surface area contributed by atoms with Gasteiger partial charge in [-0.15, -0.1) is 22.7 Å². The van der Waals surface area contributed by atoms with Crippen molar-refractivity contribution >= 4 is 68.7 Å². The van der Waals surface area contributed by atoms with Crippen LogP contribution in [-0.2, 0) is 4.79 Å². The van der Waals surface area contributed by atoms with Crippen LogP contribution in [0, 0.1) is 0 Å². The van der Waals surface area contributed by atoms with Gasteiger partial charge in [-0.1, -0.05) is 29.8 Å². The van der Waals surface area contributed by atoms with Crippen LogP contribution in [0.25, 0.3) is 17.3 Å². The first-order valence-electron chi connectivity index (χ1n) is 7.15. The summed E-state index contributed by atoms with van der Waals surface area (Å²) in [6, 6.07) is 11.3. The fourth-order valence-electron chi connectivity index (χ4n) is 1.91. The average Bonchev–Trinajstić information content (AvgIpc) is 3.25. The van der Waals surface area contributed by atoms with E-state index in [1.54, 1.807) is 17.4 Å². The lowest BCUT2D eigenvalue weighted by atomic mass is 10.2. The van der Waals surface area contributed by atoms with Crippen molar-refractivity contribution in [2.45, 2.75) is 0 Å². The van der Waals surface area contributed by atoms with Gasteiger partial charge in [-0.25, -0.2) is 4.98 Å². The summed E-state index contributed by atoms with van der Waals surface area (Å²) in [6.07, 6.45) is 3.19. The van der Waals surface area contributed by atoms with Gasteiger partial charge in [-0.05, 0) is 41.9 Å². The number of carbonyl (C=O) groups excluding carboxylic acids is 1. The zero-order chi connectivity index (χ0) is 17.6. The quantitative estimate of drug-likeness (QED) is 0.471. The number of hydrogen-bond donors (Lipinski definition) is 2. The Morgan fingerprint density at radius 1 is 1.20 bits per heavy atom. The molecule has 1 aromatic carbocycles. The van der Waals surface area contributed by atoms with Crippen molar-refractivity contribution in [3.63, 3.8) is 0 Å². The molecule has 0 fully saturated rings. The molecular weight excluding hydrogens is 394 g/mol. The molecule has 3 rings (SSSR count). The van der Waals surface area contributed by atoms with Crippen molar-refractivity contribution in [2.75, 3.05) is 5.32 Å². The van der Waals surface area contributed by atoms with Gasteiger partial charge < -0.3 is 5.32 Å². The van der Waals surface area contributed by atoms with E-state index in [9.17, 15) is 4.79 Å². The number of nitrogens with zero attached hydrogens (tertiary/aromatic N) is 1. The number of rotatable bonds is 4. The van der Waals surface area contributed by atoms with Gasteiger partial charge in [0.15, 0.2) is 10.2 Å². The second-order valence-corrected chi connectivity index (χ2v) is 7.52. The minimum absolute atomic E-state index is 0.206. The van der Waals surface area contributed by atoms with Gasteiger partial charge in [0.05, 0.1) is 5.69 Å². The molecule has 0 aliphatic heterocycles. The summed E-state index contributed by atoms with van der Waals surface area (Å²) < 4.78 is 0. The van der Waals surface area contributed by atoms with Crippen LogP contribution in [0.4, 0.5) is 5.13 Å². The Hall–Kier alpha value is -2.06. The Morgan fingerprint density at radius 2 is 2.00 bits per heavy atom. The maximum Gasteiger partial charge on any atom is 0.250 e. The van der Waals surface area contributed by atoms with Gasteiger partial charge in [0.25, 0.3) is 0 Å². The van der Waals surface area contributed by atoms with E-state index in [0.717, 1.165) is 16.1 Å². The number of anilines is 1. The minimum atomic E-state index is -0.291. The monoisotopic (exact) mass is 405 g/mol. The number of thiocarbonyl (C=S) groups is 1. The van der Waals surface area contributed by atoms with Gasteiger partial charge in [0, 0.05) is 26.9 Å². The molecule has 0 aliphatic rings. The van der Waals surface area contributed by atoms with Gasteiger partial charge in [0.2, 0.25) is 5.91 Å². The second kappa shape index (κ2) is 8.35. The maximum absolute atomic E-state index is 11.8. The second-order valence-electron chi connectivity index (χ2n) is 4.84. The number of halogens is 1. The number of hydrogen-bond acceptors (Lipinski definition) is 5. The summed E-state index contributed by atoms with van der Waals surface area (Å²) in [5.41, 5.74) is 1.78. The SMILES string of the molecule is O=C(C=Cc1cccs1)NC(=S)Nc1nc(-c2ccc(Cl)cc2)cs1. The molecule has 2 aromatic heterocycles. The van der Waals surface area contributed by atoms with Crippen molar-refractivity contribution in [1.29, 1.82) is 0 Å². The normalized spacial score (nSPS) is 10.8. The van der Waals surface area contributed by atoms with E-state index in [2.05, 4.69) is 15.6 Å². The predicted octanol–water partition coefficient (Wildman–Crippen LogP) is 5.05. The van der Waals surface area contributed by atoms with Crippen LogP contribution < -0.4 is 10.6 Å². The summed E-state index contributed by atoms with van der Waals surface area (Å²) in [4.78, 5) is 17.3. The Morgan fingerprint density at radius 3 is 2.72 bits per heavy atom. The molecular formula is C17H12ClN3OS3. The highest BCUT2D eigenvalue weighted by molar-refractivity contribution is 7.80. The van der Waals surface area contributed by atoms with Gasteiger partial charge in [-0.3, -0.25) is 10.1 Å². The predicted molar refractivity (Wildman–Crippen MR) is 110 cm³/mol. The molecule has 0 radical (unpaired) electrons. The third-order valence-corrected chi connectivity index (χ3v) is 5.09.